The van der Waals surface area contributed by atoms with E-state index in [1.165, 1.54) is 11.3 Å². The summed E-state index contributed by atoms with van der Waals surface area (Å²) in [6.45, 7) is 9.62. The fraction of sp³-hybridized carbons (Fsp3) is 0.667. The van der Waals surface area contributed by atoms with Crippen LogP contribution in [0, 0.1) is 10.8 Å². The summed E-state index contributed by atoms with van der Waals surface area (Å²) in [4.78, 5) is 14.8. The number of hydrogen-bond donors (Lipinski definition) is 2. The minimum atomic E-state index is -0.951. The van der Waals surface area contributed by atoms with E-state index in [1.807, 2.05) is 0 Å². The van der Waals surface area contributed by atoms with Crippen LogP contribution in [-0.4, -0.2) is 22.1 Å². The van der Waals surface area contributed by atoms with Gasteiger partial charge >= 0.3 is 5.97 Å². The van der Waals surface area contributed by atoms with Crippen molar-refractivity contribution in [3.8, 4) is 0 Å². The van der Waals surface area contributed by atoms with Crippen LogP contribution in [0.5, 0.6) is 0 Å². The lowest BCUT2D eigenvalue weighted by molar-refractivity contribution is 0.0696. The van der Waals surface area contributed by atoms with Gasteiger partial charge in [0.25, 0.3) is 0 Å². The average molecular weight is 254 g/mol. The molecule has 1 aliphatic carbocycles. The molecule has 1 saturated carbocycles. The molecule has 1 fully saturated rings. The van der Waals surface area contributed by atoms with Gasteiger partial charge in [0.1, 0.15) is 0 Å². The largest absolute Gasteiger partial charge is 0.476 e. The number of carboxylic acids is 1. The molecule has 0 bridgehead atoms. The van der Waals surface area contributed by atoms with Gasteiger partial charge in [-0.1, -0.05) is 27.7 Å². The van der Waals surface area contributed by atoms with Crippen molar-refractivity contribution in [1.82, 2.24) is 10.3 Å². The van der Waals surface area contributed by atoms with Crippen LogP contribution < -0.4 is 5.32 Å². The second-order valence-corrected chi connectivity index (χ2v) is 6.56. The summed E-state index contributed by atoms with van der Waals surface area (Å²) in [6.07, 6.45) is 0. The summed E-state index contributed by atoms with van der Waals surface area (Å²) in [5.41, 5.74) is 1.39. The average Bonchev–Trinajstić information content (AvgIpc) is 2.58. The molecule has 0 radical (unpaired) electrons. The second-order valence-electron chi connectivity index (χ2n) is 5.71. The van der Waals surface area contributed by atoms with Gasteiger partial charge in [0.05, 0.1) is 5.69 Å². The molecule has 0 atom stereocenters. The van der Waals surface area contributed by atoms with Crippen molar-refractivity contribution < 1.29 is 9.90 Å². The number of aromatic nitrogens is 1. The first-order valence-corrected chi connectivity index (χ1v) is 6.56. The van der Waals surface area contributed by atoms with E-state index in [9.17, 15) is 4.79 Å². The van der Waals surface area contributed by atoms with E-state index in [-0.39, 0.29) is 5.01 Å². The van der Waals surface area contributed by atoms with Crippen molar-refractivity contribution in [3.05, 3.63) is 16.1 Å². The normalized spacial score (nSPS) is 21.4. The van der Waals surface area contributed by atoms with E-state index < -0.39 is 5.97 Å². The highest BCUT2D eigenvalue weighted by atomic mass is 32.1. The fourth-order valence-electron chi connectivity index (χ4n) is 2.40. The first-order valence-electron chi connectivity index (χ1n) is 5.68. The molecule has 0 aromatic carbocycles. The third-order valence-electron chi connectivity index (χ3n) is 4.24. The predicted molar refractivity (Wildman–Crippen MR) is 67.3 cm³/mol. The van der Waals surface area contributed by atoms with Crippen molar-refractivity contribution in [3.63, 3.8) is 0 Å². The van der Waals surface area contributed by atoms with Crippen LogP contribution in [0.2, 0.25) is 0 Å². The monoisotopic (exact) mass is 254 g/mol. The third kappa shape index (κ3) is 1.98. The Bertz CT molecular complexity index is 437. The van der Waals surface area contributed by atoms with Gasteiger partial charge in [-0.05, 0) is 10.8 Å². The van der Waals surface area contributed by atoms with Gasteiger partial charge < -0.3 is 10.4 Å². The van der Waals surface area contributed by atoms with E-state index in [4.69, 9.17) is 5.11 Å². The number of rotatable bonds is 4. The van der Waals surface area contributed by atoms with E-state index in [0.29, 0.717) is 23.4 Å². The van der Waals surface area contributed by atoms with Gasteiger partial charge in [-0.15, -0.1) is 11.3 Å². The highest BCUT2D eigenvalue weighted by Crippen LogP contribution is 2.62. The quantitative estimate of drug-likeness (QED) is 0.866. The van der Waals surface area contributed by atoms with Crippen LogP contribution in [0.15, 0.2) is 5.38 Å². The predicted octanol–water partition coefficient (Wildman–Crippen LogP) is 2.37. The molecule has 0 amide bonds. The SMILES string of the molecule is CC1(C)C(NCc2csc(C(=O)O)n2)C1(C)C. The van der Waals surface area contributed by atoms with E-state index in [2.05, 4.69) is 38.0 Å². The lowest BCUT2D eigenvalue weighted by Crippen LogP contribution is -2.21. The molecule has 1 heterocycles. The molecule has 1 aliphatic rings. The molecular formula is C12H18N2O2S. The minimum Gasteiger partial charge on any atom is -0.476 e. The van der Waals surface area contributed by atoms with Crippen LogP contribution in [0.25, 0.3) is 0 Å². The number of thiazole rings is 1. The first kappa shape index (κ1) is 12.5. The van der Waals surface area contributed by atoms with Gasteiger partial charge in [0.15, 0.2) is 0 Å². The van der Waals surface area contributed by atoms with Crippen LogP contribution in [0.1, 0.15) is 43.2 Å². The van der Waals surface area contributed by atoms with Crippen LogP contribution in [-0.2, 0) is 6.54 Å². The minimum absolute atomic E-state index is 0.163. The number of hydrogen-bond acceptors (Lipinski definition) is 4. The highest BCUT2D eigenvalue weighted by Gasteiger charge is 2.64. The molecular weight excluding hydrogens is 236 g/mol. The molecule has 0 unspecified atom stereocenters. The Morgan fingerprint density at radius 3 is 2.47 bits per heavy atom. The van der Waals surface area contributed by atoms with Crippen molar-refractivity contribution in [1.29, 1.82) is 0 Å². The summed E-state index contributed by atoms with van der Waals surface area (Å²) < 4.78 is 0. The van der Waals surface area contributed by atoms with E-state index in [1.54, 1.807) is 5.38 Å². The number of carbonyl (C=O) groups is 1. The maximum absolute atomic E-state index is 10.7. The fourth-order valence-corrected chi connectivity index (χ4v) is 3.05. The number of carboxylic acid groups (broad SMARTS) is 1. The topological polar surface area (TPSA) is 62.2 Å². The molecule has 0 spiro atoms. The van der Waals surface area contributed by atoms with Crippen molar-refractivity contribution in [2.24, 2.45) is 10.8 Å². The smallest absolute Gasteiger partial charge is 0.365 e. The third-order valence-corrected chi connectivity index (χ3v) is 5.12. The standard InChI is InChI=1S/C12H18N2O2S/c1-11(2)10(12(11,3)4)13-5-7-6-17-8(14-7)9(15)16/h6,10,13H,5H2,1-4H3,(H,15,16). The van der Waals surface area contributed by atoms with Crippen LogP contribution >= 0.6 is 11.3 Å². The molecule has 2 rings (SSSR count). The molecule has 4 nitrogen and oxygen atoms in total. The van der Waals surface area contributed by atoms with Crippen LogP contribution in [0.4, 0.5) is 0 Å². The Kier molecular flexibility index (Phi) is 2.78. The Balaban J connectivity index is 1.93. The number of aromatic carboxylic acids is 1. The molecule has 17 heavy (non-hydrogen) atoms. The molecule has 5 heteroatoms. The number of nitrogens with one attached hydrogen (secondary N) is 1. The Morgan fingerprint density at radius 2 is 2.06 bits per heavy atom. The Morgan fingerprint density at radius 1 is 1.47 bits per heavy atom. The van der Waals surface area contributed by atoms with Gasteiger partial charge in [-0.3, -0.25) is 0 Å². The molecule has 1 aromatic rings. The van der Waals surface area contributed by atoms with Crippen molar-refractivity contribution in [2.75, 3.05) is 0 Å². The van der Waals surface area contributed by atoms with Gasteiger partial charge in [0.2, 0.25) is 5.01 Å². The Labute approximate surface area is 105 Å². The molecule has 1 aromatic heterocycles. The lowest BCUT2D eigenvalue weighted by atomic mass is 10.0. The van der Waals surface area contributed by atoms with Crippen molar-refractivity contribution >= 4 is 17.3 Å². The molecule has 0 saturated heterocycles. The van der Waals surface area contributed by atoms with Gasteiger partial charge in [-0.2, -0.15) is 0 Å². The van der Waals surface area contributed by atoms with Crippen molar-refractivity contribution in [2.45, 2.75) is 40.3 Å². The zero-order chi connectivity index (χ0) is 12.8. The summed E-state index contributed by atoms with van der Waals surface area (Å²) in [5, 5.41) is 14.2. The molecule has 0 aliphatic heterocycles. The zero-order valence-corrected chi connectivity index (χ0v) is 11.4. The zero-order valence-electron chi connectivity index (χ0n) is 10.6. The van der Waals surface area contributed by atoms with E-state index in [0.717, 1.165) is 5.69 Å². The number of nitrogens with zero attached hydrogens (tertiary/aromatic N) is 1. The molecule has 2 N–H and O–H groups in total. The maximum atomic E-state index is 10.7. The first-order chi connectivity index (χ1) is 7.76. The maximum Gasteiger partial charge on any atom is 0.365 e. The summed E-state index contributed by atoms with van der Waals surface area (Å²) in [7, 11) is 0. The second kappa shape index (κ2) is 3.78. The summed E-state index contributed by atoms with van der Waals surface area (Å²) in [6, 6.07) is 0.463. The van der Waals surface area contributed by atoms with E-state index >= 15 is 0 Å². The summed E-state index contributed by atoms with van der Waals surface area (Å²) >= 11 is 1.18. The lowest BCUT2D eigenvalue weighted by Gasteiger charge is -2.03. The Hall–Kier alpha value is -0.940. The van der Waals surface area contributed by atoms with Gasteiger partial charge in [0, 0.05) is 18.0 Å². The molecule has 94 valence electrons. The highest BCUT2D eigenvalue weighted by molar-refractivity contribution is 7.11. The van der Waals surface area contributed by atoms with Crippen LogP contribution in [0.3, 0.4) is 0 Å². The van der Waals surface area contributed by atoms with Gasteiger partial charge in [-0.25, -0.2) is 9.78 Å². The summed E-state index contributed by atoms with van der Waals surface area (Å²) in [5.74, 6) is -0.951.